The Labute approximate surface area is 177 Å². The molecule has 28 heavy (non-hydrogen) atoms. The van der Waals surface area contributed by atoms with E-state index in [1.165, 1.54) is 0 Å². The first-order chi connectivity index (χ1) is 13.5. The first-order valence-electron chi connectivity index (χ1n) is 8.07. The van der Waals surface area contributed by atoms with Gasteiger partial charge in [-0.25, -0.2) is 10.3 Å². The Kier molecular flexibility index (Phi) is 6.67. The normalized spacial score (nSPS) is 10.6. The number of benzene rings is 3. The Morgan fingerprint density at radius 2 is 1.36 bits per heavy atom. The van der Waals surface area contributed by atoms with Crippen molar-refractivity contribution in [2.24, 2.45) is 10.2 Å². The predicted molar refractivity (Wildman–Crippen MR) is 113 cm³/mol. The third-order valence-corrected chi connectivity index (χ3v) is 4.97. The van der Waals surface area contributed by atoms with Crippen LogP contribution < -0.4 is 5.48 Å². The average Bonchev–Trinajstić information content (AvgIpc) is 2.71. The summed E-state index contributed by atoms with van der Waals surface area (Å²) in [5, 5.41) is 7.66. The molecule has 0 bridgehead atoms. The average molecular weight is 503 g/mol. The van der Waals surface area contributed by atoms with Crippen LogP contribution in [-0.2, 0) is 4.84 Å². The molecule has 3 aromatic carbocycles. The minimum atomic E-state index is -0.518. The third-order valence-electron chi connectivity index (χ3n) is 3.58. The second-order valence-corrected chi connectivity index (χ2v) is 7.21. The van der Waals surface area contributed by atoms with Crippen LogP contribution in [0.25, 0.3) is 0 Å². The lowest BCUT2D eigenvalue weighted by Gasteiger charge is -2.07. The highest BCUT2D eigenvalue weighted by atomic mass is 79.9. The highest BCUT2D eigenvalue weighted by Gasteiger charge is 2.11. The van der Waals surface area contributed by atoms with Gasteiger partial charge in [0.25, 0.3) is 5.91 Å². The summed E-state index contributed by atoms with van der Waals surface area (Å²) in [6, 6.07) is 20.6. The van der Waals surface area contributed by atoms with E-state index >= 15 is 0 Å². The molecule has 140 valence electrons. The van der Waals surface area contributed by atoms with E-state index in [-0.39, 0.29) is 0 Å². The van der Waals surface area contributed by atoms with Crippen molar-refractivity contribution < 1.29 is 14.4 Å². The van der Waals surface area contributed by atoms with Crippen LogP contribution in [0.2, 0.25) is 0 Å². The van der Waals surface area contributed by atoms with Crippen LogP contribution in [0, 0.1) is 0 Å². The maximum Gasteiger partial charge on any atom is 0.363 e. The monoisotopic (exact) mass is 501 g/mol. The van der Waals surface area contributed by atoms with Gasteiger partial charge in [-0.3, -0.25) is 4.79 Å². The fourth-order valence-electron chi connectivity index (χ4n) is 2.17. The van der Waals surface area contributed by atoms with Crippen molar-refractivity contribution in [1.29, 1.82) is 0 Å². The quantitative estimate of drug-likeness (QED) is 0.327. The predicted octanol–water partition coefficient (Wildman–Crippen LogP) is 6.32. The van der Waals surface area contributed by atoms with Crippen LogP contribution in [0.4, 0.5) is 11.4 Å². The number of azo groups is 1. The van der Waals surface area contributed by atoms with Crippen molar-refractivity contribution in [3.05, 3.63) is 92.9 Å². The molecule has 6 nitrogen and oxygen atoms in total. The summed E-state index contributed by atoms with van der Waals surface area (Å²) in [4.78, 5) is 29.2. The van der Waals surface area contributed by atoms with E-state index in [4.69, 9.17) is 4.84 Å². The maximum absolute atomic E-state index is 12.1. The number of rotatable bonds is 5. The number of anilines is 1. The lowest BCUT2D eigenvalue weighted by atomic mass is 10.2. The van der Waals surface area contributed by atoms with Crippen LogP contribution in [0.15, 0.2) is 92.0 Å². The van der Waals surface area contributed by atoms with Crippen LogP contribution in [0.3, 0.4) is 0 Å². The van der Waals surface area contributed by atoms with E-state index in [0.29, 0.717) is 31.4 Å². The molecule has 0 aliphatic rings. The number of hydrogen-bond donors (Lipinski definition) is 1. The Morgan fingerprint density at radius 3 is 1.96 bits per heavy atom. The second-order valence-electron chi connectivity index (χ2n) is 5.50. The van der Waals surface area contributed by atoms with Gasteiger partial charge in [-0.15, -0.1) is 10.2 Å². The summed E-state index contributed by atoms with van der Waals surface area (Å²) in [6.45, 7) is 0. The summed E-state index contributed by atoms with van der Waals surface area (Å²) in [6.07, 6.45) is 0. The molecule has 3 rings (SSSR count). The van der Waals surface area contributed by atoms with Crippen LogP contribution in [-0.4, -0.2) is 11.9 Å². The number of nitrogens with zero attached hydrogens (tertiary/aromatic N) is 2. The lowest BCUT2D eigenvalue weighted by Crippen LogP contribution is -2.11. The zero-order valence-corrected chi connectivity index (χ0v) is 17.5. The molecular formula is C20H13Br2N3O3. The van der Waals surface area contributed by atoms with Crippen LogP contribution >= 0.6 is 31.9 Å². The molecule has 8 heteroatoms. The largest absolute Gasteiger partial charge is 0.363 e. The van der Waals surface area contributed by atoms with Gasteiger partial charge in [0, 0.05) is 8.95 Å². The number of carbonyl (C=O) groups is 2. The Bertz CT molecular complexity index is 1040. The van der Waals surface area contributed by atoms with Gasteiger partial charge in [0.2, 0.25) is 0 Å². The number of nitrogens with one attached hydrogen (secondary N) is 1. The van der Waals surface area contributed by atoms with Crippen LogP contribution in [0.5, 0.6) is 0 Å². The van der Waals surface area contributed by atoms with E-state index in [9.17, 15) is 9.59 Å². The van der Waals surface area contributed by atoms with E-state index in [2.05, 4.69) is 47.6 Å². The molecule has 3 aromatic rings. The minimum absolute atomic E-state index is 0.408. The number of halogens is 2. The van der Waals surface area contributed by atoms with Crippen LogP contribution in [0.1, 0.15) is 20.7 Å². The van der Waals surface area contributed by atoms with Gasteiger partial charge in [0.05, 0.1) is 22.5 Å². The fourth-order valence-corrected chi connectivity index (χ4v) is 3.08. The molecule has 0 aromatic heterocycles. The van der Waals surface area contributed by atoms with Gasteiger partial charge < -0.3 is 4.84 Å². The highest BCUT2D eigenvalue weighted by molar-refractivity contribution is 9.10. The first-order valence-corrected chi connectivity index (χ1v) is 9.65. The van der Waals surface area contributed by atoms with E-state index in [1.54, 1.807) is 60.7 Å². The molecule has 0 fully saturated rings. The van der Waals surface area contributed by atoms with Crippen molar-refractivity contribution in [2.75, 3.05) is 5.48 Å². The van der Waals surface area contributed by atoms with E-state index in [0.717, 1.165) is 0 Å². The minimum Gasteiger partial charge on any atom is -0.338 e. The standard InChI is InChI=1S/C20H13Br2N3O3/c21-17-7-3-1-5-15(17)19(26)24-23-13-9-11-14(12-10-13)25-28-20(27)16-6-2-4-8-18(16)22/h1-12,25H. The fraction of sp³-hybridized carbons (Fsp3) is 0. The van der Waals surface area contributed by atoms with Gasteiger partial charge in [0.15, 0.2) is 0 Å². The molecule has 0 atom stereocenters. The number of hydrogen-bond acceptors (Lipinski definition) is 5. The Hall–Kier alpha value is -2.84. The molecule has 1 N–H and O–H groups in total. The van der Waals surface area contributed by atoms with Crippen molar-refractivity contribution in [3.8, 4) is 0 Å². The zero-order chi connectivity index (χ0) is 19.9. The Balaban J connectivity index is 1.59. The summed E-state index contributed by atoms with van der Waals surface area (Å²) in [7, 11) is 0. The van der Waals surface area contributed by atoms with Gasteiger partial charge in [-0.1, -0.05) is 24.3 Å². The summed E-state index contributed by atoms with van der Waals surface area (Å²) in [5.41, 5.74) is 4.46. The van der Waals surface area contributed by atoms with Gasteiger partial charge in [0.1, 0.15) is 0 Å². The molecule has 0 heterocycles. The Morgan fingerprint density at radius 1 is 0.786 bits per heavy atom. The SMILES string of the molecule is O=C(N=Nc1ccc(NOC(=O)c2ccccc2Br)cc1)c1ccccc1Br. The van der Waals surface area contributed by atoms with Crippen molar-refractivity contribution in [3.63, 3.8) is 0 Å². The molecule has 0 unspecified atom stereocenters. The summed E-state index contributed by atoms with van der Waals surface area (Å²) in [5.74, 6) is -0.965. The van der Waals surface area contributed by atoms with Crippen molar-refractivity contribution >= 4 is 55.1 Å². The molecular weight excluding hydrogens is 490 g/mol. The molecule has 0 spiro atoms. The molecule has 0 aliphatic heterocycles. The van der Waals surface area contributed by atoms with Crippen molar-refractivity contribution in [1.82, 2.24) is 0 Å². The summed E-state index contributed by atoms with van der Waals surface area (Å²) < 4.78 is 1.30. The number of carbonyl (C=O) groups excluding carboxylic acids is 2. The third kappa shape index (κ3) is 5.11. The molecule has 0 aliphatic carbocycles. The molecule has 0 radical (unpaired) electrons. The van der Waals surface area contributed by atoms with Gasteiger partial charge >= 0.3 is 5.97 Å². The number of amides is 1. The lowest BCUT2D eigenvalue weighted by molar-refractivity contribution is 0.0595. The van der Waals surface area contributed by atoms with Gasteiger partial charge in [-0.05, 0) is 80.4 Å². The maximum atomic E-state index is 12.1. The van der Waals surface area contributed by atoms with Gasteiger partial charge in [-0.2, -0.15) is 0 Å². The zero-order valence-electron chi connectivity index (χ0n) is 14.3. The highest BCUT2D eigenvalue weighted by Crippen LogP contribution is 2.21. The molecule has 1 amide bonds. The van der Waals surface area contributed by atoms with E-state index in [1.807, 2.05) is 12.1 Å². The first kappa shape index (κ1) is 19.9. The topological polar surface area (TPSA) is 80.1 Å². The smallest absolute Gasteiger partial charge is 0.338 e. The molecule has 0 saturated heterocycles. The van der Waals surface area contributed by atoms with Crippen molar-refractivity contribution in [2.45, 2.75) is 0 Å². The second kappa shape index (κ2) is 9.38. The molecule has 0 saturated carbocycles. The summed E-state index contributed by atoms with van der Waals surface area (Å²) >= 11 is 6.61. The van der Waals surface area contributed by atoms with E-state index < -0.39 is 11.9 Å².